The number of carbonyl (C=O) groups is 1. The van der Waals surface area contributed by atoms with Gasteiger partial charge in [0.25, 0.3) is 0 Å². The van der Waals surface area contributed by atoms with Crippen LogP contribution in [0.15, 0.2) is 41.8 Å². The average Bonchev–Trinajstić information content (AvgIpc) is 3.36. The van der Waals surface area contributed by atoms with Gasteiger partial charge in [0, 0.05) is 10.6 Å². The molecular formula is C20H26N2O3S. The van der Waals surface area contributed by atoms with Crippen molar-refractivity contribution in [2.75, 3.05) is 18.5 Å². The molecule has 1 aromatic heterocycles. The van der Waals surface area contributed by atoms with Crippen molar-refractivity contribution in [3.63, 3.8) is 0 Å². The zero-order valence-electron chi connectivity index (χ0n) is 15.0. The van der Waals surface area contributed by atoms with Gasteiger partial charge in [-0.3, -0.25) is 0 Å². The molecule has 0 radical (unpaired) electrons. The Labute approximate surface area is 158 Å². The summed E-state index contributed by atoms with van der Waals surface area (Å²) in [5.41, 5.74) is -0.279. The van der Waals surface area contributed by atoms with Gasteiger partial charge in [0.05, 0.1) is 13.2 Å². The van der Waals surface area contributed by atoms with Gasteiger partial charge in [-0.15, -0.1) is 11.3 Å². The summed E-state index contributed by atoms with van der Waals surface area (Å²) in [6, 6.07) is 10.9. The van der Waals surface area contributed by atoms with Gasteiger partial charge >= 0.3 is 6.03 Å². The van der Waals surface area contributed by atoms with Crippen molar-refractivity contribution < 1.29 is 14.6 Å². The van der Waals surface area contributed by atoms with E-state index in [0.29, 0.717) is 12.3 Å². The minimum absolute atomic E-state index is 0.211. The van der Waals surface area contributed by atoms with Crippen LogP contribution in [-0.2, 0) is 5.60 Å². The van der Waals surface area contributed by atoms with Crippen LogP contribution >= 0.6 is 11.3 Å². The van der Waals surface area contributed by atoms with Gasteiger partial charge in [-0.2, -0.15) is 0 Å². The number of rotatable bonds is 9. The van der Waals surface area contributed by atoms with Crippen molar-refractivity contribution in [1.82, 2.24) is 5.32 Å². The molecule has 0 spiro atoms. The number of thiophene rings is 1. The van der Waals surface area contributed by atoms with Crippen LogP contribution in [0.4, 0.5) is 10.5 Å². The molecule has 1 aliphatic carbocycles. The normalized spacial score (nSPS) is 15.9. The lowest BCUT2D eigenvalue weighted by Gasteiger charge is -2.27. The Morgan fingerprint density at radius 2 is 2.08 bits per heavy atom. The van der Waals surface area contributed by atoms with E-state index in [0.717, 1.165) is 36.3 Å². The number of unbranched alkanes of at least 4 members (excludes halogenated alkanes) is 1. The van der Waals surface area contributed by atoms with E-state index < -0.39 is 5.60 Å². The fraction of sp³-hybridized carbons (Fsp3) is 0.450. The summed E-state index contributed by atoms with van der Waals surface area (Å²) in [6.45, 7) is 3.03. The van der Waals surface area contributed by atoms with E-state index in [1.54, 1.807) is 0 Å². The first-order chi connectivity index (χ1) is 12.6. The summed E-state index contributed by atoms with van der Waals surface area (Å²) in [4.78, 5) is 13.1. The first-order valence-corrected chi connectivity index (χ1v) is 10.0. The minimum Gasteiger partial charge on any atom is -0.494 e. The molecule has 140 valence electrons. The predicted molar refractivity (Wildman–Crippen MR) is 105 cm³/mol. The number of benzene rings is 1. The highest BCUT2D eigenvalue weighted by atomic mass is 32.1. The van der Waals surface area contributed by atoms with Gasteiger partial charge in [0.1, 0.15) is 11.4 Å². The quantitative estimate of drug-likeness (QED) is 0.572. The second kappa shape index (κ2) is 8.56. The number of hydrogen-bond acceptors (Lipinski definition) is 4. The molecule has 0 bridgehead atoms. The van der Waals surface area contributed by atoms with Crippen LogP contribution in [0.5, 0.6) is 5.75 Å². The van der Waals surface area contributed by atoms with Crippen LogP contribution in [-0.4, -0.2) is 24.3 Å². The van der Waals surface area contributed by atoms with E-state index in [1.165, 1.54) is 11.3 Å². The SMILES string of the molecule is CCCCOc1ccc(NC(=O)NCC(O)(c2cccs2)C2CC2)cc1. The van der Waals surface area contributed by atoms with E-state index in [2.05, 4.69) is 17.6 Å². The average molecular weight is 375 g/mol. The third-order valence-corrected chi connectivity index (χ3v) is 5.63. The molecule has 26 heavy (non-hydrogen) atoms. The lowest BCUT2D eigenvalue weighted by Crippen LogP contribution is -2.43. The number of hydrogen-bond donors (Lipinski definition) is 3. The number of anilines is 1. The highest BCUT2D eigenvalue weighted by Crippen LogP contribution is 2.46. The number of nitrogens with one attached hydrogen (secondary N) is 2. The maximum absolute atomic E-state index is 12.2. The Hall–Kier alpha value is -2.05. The zero-order valence-corrected chi connectivity index (χ0v) is 15.8. The Morgan fingerprint density at radius 3 is 2.69 bits per heavy atom. The van der Waals surface area contributed by atoms with Gasteiger partial charge in [0.15, 0.2) is 0 Å². The second-order valence-corrected chi connectivity index (χ2v) is 7.66. The summed E-state index contributed by atoms with van der Waals surface area (Å²) in [6.07, 6.45) is 4.11. The van der Waals surface area contributed by atoms with E-state index in [1.807, 2.05) is 41.8 Å². The van der Waals surface area contributed by atoms with E-state index in [-0.39, 0.29) is 18.5 Å². The first-order valence-electron chi connectivity index (χ1n) is 9.16. The Bertz CT molecular complexity index is 698. The molecular weight excluding hydrogens is 348 g/mol. The molecule has 1 heterocycles. The van der Waals surface area contributed by atoms with Gasteiger partial charge in [0.2, 0.25) is 0 Å². The number of amides is 2. The molecule has 1 saturated carbocycles. The fourth-order valence-corrected chi connectivity index (χ4v) is 3.78. The van der Waals surface area contributed by atoms with Crippen LogP contribution < -0.4 is 15.4 Å². The monoisotopic (exact) mass is 374 g/mol. The smallest absolute Gasteiger partial charge is 0.319 e. The second-order valence-electron chi connectivity index (χ2n) is 6.71. The summed E-state index contributed by atoms with van der Waals surface area (Å²) >= 11 is 1.53. The molecule has 0 saturated heterocycles. The molecule has 3 rings (SSSR count). The molecule has 1 aliphatic rings. The Morgan fingerprint density at radius 1 is 1.31 bits per heavy atom. The number of ether oxygens (including phenoxy) is 1. The van der Waals surface area contributed by atoms with Crippen molar-refractivity contribution in [3.8, 4) is 5.75 Å². The molecule has 2 amide bonds. The summed E-state index contributed by atoms with van der Waals surface area (Å²) < 4.78 is 5.61. The third kappa shape index (κ3) is 4.77. The topological polar surface area (TPSA) is 70.6 Å². The summed E-state index contributed by atoms with van der Waals surface area (Å²) in [7, 11) is 0. The highest BCUT2D eigenvalue weighted by Gasteiger charge is 2.45. The van der Waals surface area contributed by atoms with Crippen molar-refractivity contribution in [3.05, 3.63) is 46.7 Å². The Balaban J connectivity index is 1.50. The largest absolute Gasteiger partial charge is 0.494 e. The van der Waals surface area contributed by atoms with Crippen LogP contribution in [0.3, 0.4) is 0 Å². The molecule has 1 fully saturated rings. The molecule has 3 N–H and O–H groups in total. The number of carbonyl (C=O) groups excluding carboxylic acids is 1. The minimum atomic E-state index is -0.970. The lowest BCUT2D eigenvalue weighted by molar-refractivity contribution is 0.0200. The van der Waals surface area contributed by atoms with Crippen LogP contribution in [0.1, 0.15) is 37.5 Å². The molecule has 1 unspecified atom stereocenters. The fourth-order valence-electron chi connectivity index (χ4n) is 2.88. The third-order valence-electron chi connectivity index (χ3n) is 4.60. The first kappa shape index (κ1) is 18.7. The zero-order chi connectivity index (χ0) is 18.4. The summed E-state index contributed by atoms with van der Waals surface area (Å²) in [5.74, 6) is 1.02. The summed E-state index contributed by atoms with van der Waals surface area (Å²) in [5, 5.41) is 18.6. The van der Waals surface area contributed by atoms with Crippen molar-refractivity contribution >= 4 is 23.1 Å². The van der Waals surface area contributed by atoms with Gasteiger partial charge in [-0.1, -0.05) is 19.4 Å². The maximum Gasteiger partial charge on any atom is 0.319 e. The van der Waals surface area contributed by atoms with E-state index in [4.69, 9.17) is 4.74 Å². The lowest BCUT2D eigenvalue weighted by atomic mass is 9.96. The highest BCUT2D eigenvalue weighted by molar-refractivity contribution is 7.10. The molecule has 0 aliphatic heterocycles. The van der Waals surface area contributed by atoms with Crippen LogP contribution in [0.25, 0.3) is 0 Å². The van der Waals surface area contributed by atoms with Gasteiger partial charge in [-0.05, 0) is 60.9 Å². The molecule has 1 aromatic carbocycles. The molecule has 5 nitrogen and oxygen atoms in total. The van der Waals surface area contributed by atoms with Crippen molar-refractivity contribution in [2.45, 2.75) is 38.2 Å². The van der Waals surface area contributed by atoms with Crippen molar-refractivity contribution in [2.24, 2.45) is 5.92 Å². The van der Waals surface area contributed by atoms with Gasteiger partial charge in [-0.25, -0.2) is 4.79 Å². The Kier molecular flexibility index (Phi) is 6.16. The molecule has 1 atom stereocenters. The molecule has 2 aromatic rings. The van der Waals surface area contributed by atoms with Crippen LogP contribution in [0, 0.1) is 5.92 Å². The maximum atomic E-state index is 12.2. The van der Waals surface area contributed by atoms with Crippen molar-refractivity contribution in [1.29, 1.82) is 0 Å². The predicted octanol–water partition coefficient (Wildman–Crippen LogP) is 4.35. The standard InChI is InChI=1S/C20H26N2O3S/c1-2-3-12-25-17-10-8-16(9-11-17)22-19(23)21-14-20(24,15-6-7-15)18-5-4-13-26-18/h4-5,8-11,13,15,24H,2-3,6-7,12,14H2,1H3,(H2,21,22,23). The number of urea groups is 1. The van der Waals surface area contributed by atoms with E-state index >= 15 is 0 Å². The van der Waals surface area contributed by atoms with E-state index in [9.17, 15) is 9.90 Å². The molecule has 6 heteroatoms. The number of aliphatic hydroxyl groups is 1. The van der Waals surface area contributed by atoms with Gasteiger partial charge < -0.3 is 20.5 Å². The van der Waals surface area contributed by atoms with Crippen LogP contribution in [0.2, 0.25) is 0 Å².